The minimum absolute atomic E-state index is 0.182. The highest BCUT2D eigenvalue weighted by Crippen LogP contribution is 2.40. The van der Waals surface area contributed by atoms with Gasteiger partial charge in [0.2, 0.25) is 0 Å². The van der Waals surface area contributed by atoms with E-state index in [1.54, 1.807) is 40.2 Å². The van der Waals surface area contributed by atoms with Gasteiger partial charge in [-0.3, -0.25) is 0 Å². The van der Waals surface area contributed by atoms with Crippen LogP contribution in [0.5, 0.6) is 0 Å². The van der Waals surface area contributed by atoms with Crippen LogP contribution in [0.3, 0.4) is 0 Å². The predicted octanol–water partition coefficient (Wildman–Crippen LogP) is 20.1. The van der Waals surface area contributed by atoms with Gasteiger partial charge in [0.25, 0.3) is 0 Å². The Labute approximate surface area is 472 Å². The summed E-state index contributed by atoms with van der Waals surface area (Å²) in [6.07, 6.45) is 3.99. The molecule has 0 radical (unpaired) electrons. The number of hydrogen-bond donors (Lipinski definition) is 2. The molecular formula is C55H55Cl6N3O4S3Si2. The average molecular weight is 1190 g/mol. The second-order valence-corrected chi connectivity index (χ2v) is 36.6. The molecule has 0 bridgehead atoms. The molecule has 0 aliphatic carbocycles. The topological polar surface area (TPSA) is 81.4 Å². The van der Waals surface area contributed by atoms with Crippen LogP contribution in [0.25, 0.3) is 32.7 Å². The summed E-state index contributed by atoms with van der Waals surface area (Å²) < 4.78 is 15.5. The van der Waals surface area contributed by atoms with Crippen LogP contribution in [0.2, 0.25) is 81.5 Å². The zero-order chi connectivity index (χ0) is 52.5. The molecule has 0 atom stereocenters. The molecule has 0 aliphatic rings. The van der Waals surface area contributed by atoms with Gasteiger partial charge in [-0.25, -0.2) is 4.79 Å². The number of benzene rings is 6. The molecule has 0 fully saturated rings. The first-order chi connectivity index (χ1) is 34.7. The molecule has 382 valence electrons. The molecule has 0 unspecified atom stereocenters. The van der Waals surface area contributed by atoms with Gasteiger partial charge in [-0.2, -0.15) is 0 Å². The highest BCUT2D eigenvalue weighted by molar-refractivity contribution is 8.00. The maximum absolute atomic E-state index is 11.9. The SMILES string of the molecule is C[Si](C)(C)CCOCn1c(C(=O)O)cc2c(Sc3ccc(Cl)cc3)cc(Cl)cc21.C[Si](C)(C)CCOCn1ccc2c(Sc3ccc(Cl)cc3)cc(Cl)cc21.Clc1ccc(Sc2cc(Cl)cc3[nH]ccc23)cc1. The standard InChI is InChI=1S/C21H23Cl2NO3SSi.C20H23Cl2NOSSi.C14H9Cl2NS/c1-29(2,3)9-8-27-13-24-18-10-15(23)11-20(17(18)12-19(24)21(25)26)28-16-6-4-14(22)5-7-16;1-26(2,3)11-10-24-14-23-9-8-18-19(23)12-16(22)13-20(18)25-17-6-4-15(21)5-7-17;15-9-1-3-11(4-2-9)18-14-8-10(16)7-13-12(14)5-6-17-13/h4-7,10-12H,8-9,13H2,1-3H3,(H,25,26);4-9,12-13H,10-11,14H2,1-3H3;1-8,17H. The molecule has 0 spiro atoms. The van der Waals surface area contributed by atoms with Crippen molar-refractivity contribution in [2.45, 2.75) is 94.2 Å². The molecule has 0 saturated carbocycles. The number of hydrogen-bond acceptors (Lipinski definition) is 6. The molecule has 3 aromatic heterocycles. The monoisotopic (exact) mass is 1180 g/mol. The highest BCUT2D eigenvalue weighted by atomic mass is 35.5. The van der Waals surface area contributed by atoms with Crippen LogP contribution in [-0.2, 0) is 22.9 Å². The number of fused-ring (bicyclic) bond motifs is 3. The van der Waals surface area contributed by atoms with Crippen molar-refractivity contribution in [3.05, 3.63) is 176 Å². The number of H-pyrrole nitrogens is 1. The number of aromatic amines is 1. The van der Waals surface area contributed by atoms with E-state index in [1.807, 2.05) is 109 Å². The molecule has 6 aromatic carbocycles. The van der Waals surface area contributed by atoms with Gasteiger partial charge in [0.1, 0.15) is 19.2 Å². The number of aromatic nitrogens is 3. The molecule has 0 aliphatic heterocycles. The Morgan fingerprint density at radius 2 is 0.959 bits per heavy atom. The Morgan fingerprint density at radius 1 is 0.521 bits per heavy atom. The number of nitrogens with zero attached hydrogens (tertiary/aromatic N) is 2. The van der Waals surface area contributed by atoms with Crippen LogP contribution in [0, 0.1) is 0 Å². The van der Waals surface area contributed by atoms with Gasteiger partial charge in [0.15, 0.2) is 0 Å². The lowest BCUT2D eigenvalue weighted by Gasteiger charge is -2.16. The summed E-state index contributed by atoms with van der Waals surface area (Å²) in [5.74, 6) is -0.992. The first-order valence-corrected chi connectivity index (χ1v) is 35.4. The molecule has 9 aromatic rings. The van der Waals surface area contributed by atoms with E-state index in [9.17, 15) is 9.90 Å². The van der Waals surface area contributed by atoms with E-state index in [4.69, 9.17) is 79.1 Å². The van der Waals surface area contributed by atoms with Crippen LogP contribution in [0.1, 0.15) is 10.5 Å². The number of nitrogens with one attached hydrogen (secondary N) is 1. The van der Waals surface area contributed by atoms with Crippen LogP contribution >= 0.6 is 105 Å². The molecule has 0 saturated heterocycles. The maximum atomic E-state index is 11.9. The lowest BCUT2D eigenvalue weighted by Crippen LogP contribution is -2.22. The second kappa shape index (κ2) is 26.1. The van der Waals surface area contributed by atoms with Gasteiger partial charge in [0, 0.05) is 123 Å². The fourth-order valence-electron chi connectivity index (χ4n) is 7.27. The Balaban J connectivity index is 0.000000164. The summed E-state index contributed by atoms with van der Waals surface area (Å²) in [6.45, 7) is 16.1. The van der Waals surface area contributed by atoms with E-state index in [1.165, 1.54) is 28.6 Å². The van der Waals surface area contributed by atoms with Gasteiger partial charge < -0.3 is 28.7 Å². The molecule has 18 heteroatoms. The van der Waals surface area contributed by atoms with Gasteiger partial charge in [-0.05, 0) is 139 Å². The smallest absolute Gasteiger partial charge is 0.352 e. The number of aromatic carboxylic acids is 1. The van der Waals surface area contributed by atoms with E-state index in [2.05, 4.69) is 67.2 Å². The average Bonchev–Trinajstić information content (AvgIpc) is 4.06. The summed E-state index contributed by atoms with van der Waals surface area (Å²) in [4.78, 5) is 21.5. The third-order valence-corrected chi connectivity index (χ3v) is 19.2. The maximum Gasteiger partial charge on any atom is 0.352 e. The first kappa shape index (κ1) is 57.3. The van der Waals surface area contributed by atoms with Crippen molar-refractivity contribution in [3.8, 4) is 0 Å². The summed E-state index contributed by atoms with van der Waals surface area (Å²) in [5, 5.41) is 17.1. The van der Waals surface area contributed by atoms with E-state index in [-0.39, 0.29) is 12.4 Å². The van der Waals surface area contributed by atoms with E-state index in [0.717, 1.165) is 84.1 Å². The van der Waals surface area contributed by atoms with Gasteiger partial charge in [-0.1, -0.05) is 144 Å². The zero-order valence-electron chi connectivity index (χ0n) is 41.1. The second-order valence-electron chi connectivity index (χ2n) is 19.4. The van der Waals surface area contributed by atoms with Crippen LogP contribution in [0.4, 0.5) is 0 Å². The zero-order valence-corrected chi connectivity index (χ0v) is 50.1. The lowest BCUT2D eigenvalue weighted by molar-refractivity contribution is 0.0630. The number of ether oxygens (including phenoxy) is 2. The first-order valence-electron chi connectivity index (χ1n) is 23.2. The van der Waals surface area contributed by atoms with Crippen molar-refractivity contribution < 1.29 is 19.4 Å². The fraction of sp³-hybridized carbons (Fsp3) is 0.218. The van der Waals surface area contributed by atoms with Crippen molar-refractivity contribution in [1.82, 2.24) is 14.1 Å². The highest BCUT2D eigenvalue weighted by Gasteiger charge is 2.20. The minimum Gasteiger partial charge on any atom is -0.477 e. The van der Waals surface area contributed by atoms with Crippen molar-refractivity contribution in [2.75, 3.05) is 13.2 Å². The lowest BCUT2D eigenvalue weighted by atomic mass is 10.2. The van der Waals surface area contributed by atoms with E-state index in [0.29, 0.717) is 23.4 Å². The summed E-state index contributed by atoms with van der Waals surface area (Å²) >= 11 is 41.6. The number of halogens is 6. The van der Waals surface area contributed by atoms with Crippen LogP contribution in [-0.4, -0.2) is 54.6 Å². The molecule has 7 nitrogen and oxygen atoms in total. The molecule has 0 amide bonds. The third-order valence-electron chi connectivity index (χ3n) is 11.1. The van der Waals surface area contributed by atoms with Gasteiger partial charge in [-0.15, -0.1) is 0 Å². The minimum atomic E-state index is -1.22. The summed E-state index contributed by atoms with van der Waals surface area (Å²) in [7, 11) is -2.28. The number of carbonyl (C=O) groups is 1. The predicted molar refractivity (Wildman–Crippen MR) is 319 cm³/mol. The third kappa shape index (κ3) is 17.0. The fourth-order valence-corrected chi connectivity index (χ4v) is 13.0. The molecule has 73 heavy (non-hydrogen) atoms. The normalized spacial score (nSPS) is 11.7. The molecule has 3 heterocycles. The van der Waals surface area contributed by atoms with Crippen molar-refractivity contribution in [1.29, 1.82) is 0 Å². The van der Waals surface area contributed by atoms with Gasteiger partial charge >= 0.3 is 5.97 Å². The number of carboxylic acid groups (broad SMARTS) is 1. The molecule has 9 rings (SSSR count). The summed E-state index contributed by atoms with van der Waals surface area (Å²) in [5.41, 5.74) is 3.09. The van der Waals surface area contributed by atoms with E-state index < -0.39 is 22.1 Å². The van der Waals surface area contributed by atoms with Crippen molar-refractivity contribution >= 4 is 160 Å². The Kier molecular flexibility index (Phi) is 20.4. The quantitative estimate of drug-likeness (QED) is 0.0694. The van der Waals surface area contributed by atoms with Gasteiger partial charge in [0.05, 0.1) is 11.0 Å². The Morgan fingerprint density at radius 3 is 1.44 bits per heavy atom. The van der Waals surface area contributed by atoms with E-state index >= 15 is 0 Å². The largest absolute Gasteiger partial charge is 0.477 e. The van der Waals surface area contributed by atoms with Crippen LogP contribution < -0.4 is 0 Å². The molecular weight excluding hydrogens is 1130 g/mol. The Bertz CT molecular complexity index is 3300. The number of rotatable bonds is 17. The van der Waals surface area contributed by atoms with Crippen molar-refractivity contribution in [3.63, 3.8) is 0 Å². The molecule has 2 N–H and O–H groups in total. The summed E-state index contributed by atoms with van der Waals surface area (Å²) in [6, 6.07) is 42.8. The Hall–Kier alpha value is -3.45. The number of carboxylic acids is 1. The van der Waals surface area contributed by atoms with Crippen LogP contribution in [0.15, 0.2) is 169 Å². The van der Waals surface area contributed by atoms with Crippen molar-refractivity contribution in [2.24, 2.45) is 0 Å².